The van der Waals surface area contributed by atoms with Crippen LogP contribution in [0.3, 0.4) is 0 Å². The number of benzene rings is 2. The van der Waals surface area contributed by atoms with Crippen LogP contribution in [-0.4, -0.2) is 86.2 Å². The van der Waals surface area contributed by atoms with Gasteiger partial charge in [0, 0.05) is 31.7 Å². The number of esters is 1. The predicted molar refractivity (Wildman–Crippen MR) is 132 cm³/mol. The Kier molecular flexibility index (Phi) is 8.02. The molecule has 0 aliphatic carbocycles. The van der Waals surface area contributed by atoms with E-state index in [2.05, 4.69) is 4.90 Å². The number of amides is 1. The van der Waals surface area contributed by atoms with Crippen LogP contribution >= 0.6 is 0 Å². The van der Waals surface area contributed by atoms with Crippen LogP contribution in [-0.2, 0) is 19.1 Å². The fourth-order valence-electron chi connectivity index (χ4n) is 4.57. The monoisotopic (exact) mass is 494 g/mol. The van der Waals surface area contributed by atoms with E-state index in [1.807, 2.05) is 0 Å². The van der Waals surface area contributed by atoms with E-state index in [9.17, 15) is 19.5 Å². The van der Waals surface area contributed by atoms with Gasteiger partial charge in [-0.1, -0.05) is 12.1 Å². The topological polar surface area (TPSA) is 106 Å². The molecule has 2 aromatic carbocycles. The average Bonchev–Trinajstić information content (AvgIpc) is 3.18. The number of carbonyl (C=O) groups excluding carboxylic acids is 3. The summed E-state index contributed by atoms with van der Waals surface area (Å²) in [7, 11) is 2.84. The molecular formula is C27H30N2O7. The number of morpholine rings is 1. The van der Waals surface area contributed by atoms with Gasteiger partial charge in [0.05, 0.1) is 44.6 Å². The van der Waals surface area contributed by atoms with Crippen molar-refractivity contribution in [3.8, 4) is 5.75 Å². The zero-order valence-corrected chi connectivity index (χ0v) is 20.4. The van der Waals surface area contributed by atoms with Gasteiger partial charge in [0.2, 0.25) is 0 Å². The number of hydrogen-bond donors (Lipinski definition) is 1. The number of hydrogen-bond acceptors (Lipinski definition) is 8. The second-order valence-corrected chi connectivity index (χ2v) is 8.64. The third kappa shape index (κ3) is 5.27. The van der Waals surface area contributed by atoms with Gasteiger partial charge in [-0.15, -0.1) is 0 Å². The second kappa shape index (κ2) is 11.4. The first kappa shape index (κ1) is 25.4. The first-order valence-corrected chi connectivity index (χ1v) is 11.9. The minimum absolute atomic E-state index is 0.0161. The quantitative estimate of drug-likeness (QED) is 0.258. The molecule has 0 bridgehead atoms. The number of Topliss-reactive ketones (excluding diaryl/α,β-unsaturated/α-hetero) is 1. The highest BCUT2D eigenvalue weighted by Crippen LogP contribution is 2.39. The minimum Gasteiger partial charge on any atom is -0.507 e. The minimum atomic E-state index is -0.788. The molecule has 9 nitrogen and oxygen atoms in total. The van der Waals surface area contributed by atoms with Crippen LogP contribution in [0.15, 0.2) is 54.1 Å². The first-order chi connectivity index (χ1) is 17.4. The van der Waals surface area contributed by atoms with Gasteiger partial charge < -0.3 is 24.2 Å². The maximum Gasteiger partial charge on any atom is 0.337 e. The van der Waals surface area contributed by atoms with Crippen molar-refractivity contribution < 1.29 is 33.7 Å². The molecule has 1 N–H and O–H groups in total. The fraction of sp³-hybridized carbons (Fsp3) is 0.370. The molecule has 0 saturated carbocycles. The maximum absolute atomic E-state index is 13.2. The summed E-state index contributed by atoms with van der Waals surface area (Å²) in [6.45, 7) is 4.12. The van der Waals surface area contributed by atoms with Crippen molar-refractivity contribution >= 4 is 23.4 Å². The van der Waals surface area contributed by atoms with Crippen molar-refractivity contribution in [2.75, 3.05) is 53.6 Å². The molecule has 0 aromatic heterocycles. The van der Waals surface area contributed by atoms with E-state index in [0.29, 0.717) is 48.6 Å². The second-order valence-electron chi connectivity index (χ2n) is 8.64. The van der Waals surface area contributed by atoms with Crippen molar-refractivity contribution in [1.82, 2.24) is 9.80 Å². The maximum atomic E-state index is 13.2. The third-order valence-corrected chi connectivity index (χ3v) is 6.53. The molecule has 1 amide bonds. The molecule has 2 heterocycles. The van der Waals surface area contributed by atoms with Crippen LogP contribution in [0.25, 0.3) is 5.76 Å². The normalized spacial score (nSPS) is 19.9. The van der Waals surface area contributed by atoms with Crippen molar-refractivity contribution in [2.45, 2.75) is 12.5 Å². The number of ketones is 1. The summed E-state index contributed by atoms with van der Waals surface area (Å²) in [6.07, 6.45) is 0.659. The molecule has 4 rings (SSSR count). The van der Waals surface area contributed by atoms with Gasteiger partial charge in [-0.05, 0) is 48.4 Å². The van der Waals surface area contributed by atoms with E-state index in [0.717, 1.165) is 19.6 Å². The van der Waals surface area contributed by atoms with Crippen LogP contribution in [0.5, 0.6) is 5.75 Å². The molecule has 9 heteroatoms. The largest absolute Gasteiger partial charge is 0.507 e. The standard InChI is InChI=1S/C27H30N2O7/c1-34-21-10-8-19(9-11-21)24(30)22-23(18-4-6-20(7-5-18)27(33)35-2)29(26(32)25(22)31)13-3-12-28-14-16-36-17-15-28/h4-11,23,30H,3,12-17H2,1-2H3/t23-/m1/s1. The summed E-state index contributed by atoms with van der Waals surface area (Å²) in [5.74, 6) is -1.54. The molecule has 0 unspecified atom stereocenters. The number of aliphatic hydroxyl groups excluding tert-OH is 1. The predicted octanol–water partition coefficient (Wildman–Crippen LogP) is 2.63. The molecule has 0 radical (unpaired) electrons. The van der Waals surface area contributed by atoms with Crippen molar-refractivity contribution in [1.29, 1.82) is 0 Å². The van der Waals surface area contributed by atoms with Gasteiger partial charge in [0.15, 0.2) is 0 Å². The van der Waals surface area contributed by atoms with Gasteiger partial charge in [-0.3, -0.25) is 14.5 Å². The number of ether oxygens (including phenoxy) is 3. The van der Waals surface area contributed by atoms with Gasteiger partial charge in [0.25, 0.3) is 11.7 Å². The van der Waals surface area contributed by atoms with Crippen LogP contribution in [0, 0.1) is 0 Å². The first-order valence-electron chi connectivity index (χ1n) is 11.9. The number of likely N-dealkylation sites (tertiary alicyclic amines) is 1. The molecule has 0 spiro atoms. The lowest BCUT2D eigenvalue weighted by Crippen LogP contribution is -2.39. The summed E-state index contributed by atoms with van der Waals surface area (Å²) in [5, 5.41) is 11.2. The van der Waals surface area contributed by atoms with E-state index in [1.165, 1.54) is 19.1 Å². The Hall–Kier alpha value is -3.69. The molecule has 1 atom stereocenters. The Morgan fingerprint density at radius 2 is 1.61 bits per heavy atom. The van der Waals surface area contributed by atoms with Crippen LogP contribution in [0.4, 0.5) is 0 Å². The highest BCUT2D eigenvalue weighted by molar-refractivity contribution is 6.46. The zero-order chi connectivity index (χ0) is 25.7. The highest BCUT2D eigenvalue weighted by Gasteiger charge is 2.45. The van der Waals surface area contributed by atoms with E-state index >= 15 is 0 Å². The van der Waals surface area contributed by atoms with E-state index in [1.54, 1.807) is 48.5 Å². The average molecular weight is 495 g/mol. The Balaban J connectivity index is 1.68. The summed E-state index contributed by atoms with van der Waals surface area (Å²) in [4.78, 5) is 42.0. The van der Waals surface area contributed by atoms with E-state index < -0.39 is 23.7 Å². The van der Waals surface area contributed by atoms with Crippen LogP contribution in [0.1, 0.15) is 33.9 Å². The van der Waals surface area contributed by atoms with E-state index in [-0.39, 0.29) is 11.3 Å². The zero-order valence-electron chi connectivity index (χ0n) is 20.4. The molecule has 2 aliphatic rings. The Morgan fingerprint density at radius 1 is 0.972 bits per heavy atom. The van der Waals surface area contributed by atoms with Crippen molar-refractivity contribution in [2.24, 2.45) is 0 Å². The number of aliphatic hydroxyl groups is 1. The van der Waals surface area contributed by atoms with Gasteiger partial charge in [-0.25, -0.2) is 4.79 Å². The van der Waals surface area contributed by atoms with Crippen molar-refractivity contribution in [3.05, 3.63) is 70.8 Å². The fourth-order valence-corrected chi connectivity index (χ4v) is 4.57. The Morgan fingerprint density at radius 3 is 2.22 bits per heavy atom. The lowest BCUT2D eigenvalue weighted by molar-refractivity contribution is -0.140. The van der Waals surface area contributed by atoms with Gasteiger partial charge >= 0.3 is 5.97 Å². The number of nitrogens with zero attached hydrogens (tertiary/aromatic N) is 2. The smallest absolute Gasteiger partial charge is 0.337 e. The summed E-state index contributed by atoms with van der Waals surface area (Å²) >= 11 is 0. The molecule has 2 saturated heterocycles. The summed E-state index contributed by atoms with van der Waals surface area (Å²) in [5.41, 5.74) is 1.38. The SMILES string of the molecule is COC(=O)c1ccc([C@@H]2C(=C(O)c3ccc(OC)cc3)C(=O)C(=O)N2CCCN2CCOCC2)cc1. The number of methoxy groups -OCH3 is 2. The molecular weight excluding hydrogens is 464 g/mol. The Labute approximate surface area is 209 Å². The lowest BCUT2D eigenvalue weighted by atomic mass is 9.94. The van der Waals surface area contributed by atoms with E-state index in [4.69, 9.17) is 14.2 Å². The molecule has 190 valence electrons. The van der Waals surface area contributed by atoms with Crippen LogP contribution in [0.2, 0.25) is 0 Å². The van der Waals surface area contributed by atoms with Crippen LogP contribution < -0.4 is 4.74 Å². The Bertz CT molecular complexity index is 1140. The number of carbonyl (C=O) groups is 3. The summed E-state index contributed by atoms with van der Waals surface area (Å²) < 4.78 is 15.3. The summed E-state index contributed by atoms with van der Waals surface area (Å²) in [6, 6.07) is 12.4. The molecule has 36 heavy (non-hydrogen) atoms. The lowest BCUT2D eigenvalue weighted by Gasteiger charge is -2.29. The van der Waals surface area contributed by atoms with Gasteiger partial charge in [0.1, 0.15) is 11.5 Å². The number of rotatable bonds is 8. The highest BCUT2D eigenvalue weighted by atomic mass is 16.5. The van der Waals surface area contributed by atoms with Gasteiger partial charge in [-0.2, -0.15) is 0 Å². The molecule has 2 fully saturated rings. The molecule has 2 aliphatic heterocycles. The molecule has 2 aromatic rings. The third-order valence-electron chi connectivity index (χ3n) is 6.53. The van der Waals surface area contributed by atoms with Crippen molar-refractivity contribution in [3.63, 3.8) is 0 Å².